The summed E-state index contributed by atoms with van der Waals surface area (Å²) < 4.78 is 34.2. The minimum absolute atomic E-state index is 0.0735. The number of hydrogen-bond donors (Lipinski definition) is 2. The number of sulfonamides is 1. The van der Waals surface area contributed by atoms with Crippen molar-refractivity contribution in [1.82, 2.24) is 9.62 Å². The Morgan fingerprint density at radius 2 is 2.06 bits per heavy atom. The van der Waals surface area contributed by atoms with E-state index in [1.807, 2.05) is 12.1 Å². The average molecular weight is 479 g/mol. The average Bonchev–Trinajstić information content (AvgIpc) is 3.18. The van der Waals surface area contributed by atoms with E-state index in [1.54, 1.807) is 12.1 Å². The summed E-state index contributed by atoms with van der Waals surface area (Å²) in [4.78, 5) is 15.7. The Bertz CT molecular complexity index is 1070. The first-order valence-corrected chi connectivity index (χ1v) is 13.4. The lowest BCUT2D eigenvalue weighted by Crippen LogP contribution is -2.31. The number of carbonyl (C=O) groups is 1. The minimum Gasteiger partial charge on any atom is -0.508 e. The van der Waals surface area contributed by atoms with Gasteiger partial charge in [0.1, 0.15) is 9.96 Å². The minimum atomic E-state index is -3.81. The molecule has 0 spiro atoms. The van der Waals surface area contributed by atoms with Crippen LogP contribution in [0.1, 0.15) is 58.5 Å². The molecule has 2 heterocycles. The number of thiophene rings is 1. The number of phenols is 1. The maximum atomic E-state index is 13.2. The van der Waals surface area contributed by atoms with Gasteiger partial charge in [-0.2, -0.15) is 0 Å². The van der Waals surface area contributed by atoms with Crippen LogP contribution in [0.5, 0.6) is 5.75 Å². The molecule has 1 aromatic carbocycles. The van der Waals surface area contributed by atoms with Gasteiger partial charge in [0.25, 0.3) is 10.0 Å². The van der Waals surface area contributed by atoms with Gasteiger partial charge in [0.15, 0.2) is 0 Å². The van der Waals surface area contributed by atoms with Crippen molar-refractivity contribution >= 4 is 27.3 Å². The molecule has 2 N–H and O–H groups in total. The first kappa shape index (κ1) is 23.2. The van der Waals surface area contributed by atoms with Crippen LogP contribution in [0.4, 0.5) is 0 Å². The summed E-state index contributed by atoms with van der Waals surface area (Å²) in [5.41, 5.74) is 1.97. The van der Waals surface area contributed by atoms with E-state index in [0.29, 0.717) is 38.5 Å². The Labute approximate surface area is 193 Å². The molecule has 0 saturated heterocycles. The number of nitrogens with one attached hydrogen (secondary N) is 1. The number of methoxy groups -OCH3 is 1. The Morgan fingerprint density at radius 1 is 1.28 bits per heavy atom. The Hall–Kier alpha value is -1.94. The number of nitrogens with zero attached hydrogens (tertiary/aromatic N) is 1. The number of ether oxygens (including phenoxy) is 1. The van der Waals surface area contributed by atoms with E-state index >= 15 is 0 Å². The molecule has 32 heavy (non-hydrogen) atoms. The van der Waals surface area contributed by atoms with Gasteiger partial charge < -0.3 is 9.84 Å². The van der Waals surface area contributed by atoms with E-state index in [2.05, 4.69) is 9.62 Å². The lowest BCUT2D eigenvalue weighted by atomic mass is 9.90. The molecule has 0 atom stereocenters. The van der Waals surface area contributed by atoms with Gasteiger partial charge in [0, 0.05) is 31.1 Å². The largest absolute Gasteiger partial charge is 0.508 e. The molecule has 0 unspecified atom stereocenters. The molecule has 1 fully saturated rings. The van der Waals surface area contributed by atoms with Crippen molar-refractivity contribution in [3.05, 3.63) is 45.8 Å². The quantitative estimate of drug-likeness (QED) is 0.590. The van der Waals surface area contributed by atoms with Gasteiger partial charge >= 0.3 is 5.97 Å². The highest BCUT2D eigenvalue weighted by Crippen LogP contribution is 2.37. The SMILES string of the molecule is COC(=O)c1c(S(=O)(=O)NCC2CCCCC2)sc2c1CCN(Cc1cccc(O)c1)C2. The van der Waals surface area contributed by atoms with E-state index in [1.165, 1.54) is 24.9 Å². The number of hydrogen-bond acceptors (Lipinski definition) is 7. The summed E-state index contributed by atoms with van der Waals surface area (Å²) in [6, 6.07) is 7.13. The van der Waals surface area contributed by atoms with E-state index in [-0.39, 0.29) is 15.5 Å². The predicted molar refractivity (Wildman–Crippen MR) is 123 cm³/mol. The van der Waals surface area contributed by atoms with Crippen LogP contribution < -0.4 is 4.72 Å². The van der Waals surface area contributed by atoms with Gasteiger partial charge in [-0.25, -0.2) is 17.9 Å². The van der Waals surface area contributed by atoms with E-state index in [4.69, 9.17) is 4.74 Å². The van der Waals surface area contributed by atoms with Crippen molar-refractivity contribution < 1.29 is 23.1 Å². The third-order valence-corrected chi connectivity index (χ3v) is 9.50. The number of rotatable bonds is 7. The Balaban J connectivity index is 1.56. The molecular formula is C23H30N2O5S2. The summed E-state index contributed by atoms with van der Waals surface area (Å²) in [7, 11) is -2.52. The topological polar surface area (TPSA) is 95.9 Å². The highest BCUT2D eigenvalue weighted by Gasteiger charge is 2.34. The smallest absolute Gasteiger partial charge is 0.340 e. The zero-order valence-corrected chi connectivity index (χ0v) is 19.9. The lowest BCUT2D eigenvalue weighted by molar-refractivity contribution is 0.0595. The molecule has 174 valence electrons. The molecule has 1 aliphatic carbocycles. The van der Waals surface area contributed by atoms with Gasteiger partial charge in [-0.3, -0.25) is 4.90 Å². The fourth-order valence-corrected chi connectivity index (χ4v) is 7.75. The van der Waals surface area contributed by atoms with Crippen LogP contribution in [-0.4, -0.2) is 44.6 Å². The molecule has 1 aliphatic heterocycles. The maximum absolute atomic E-state index is 13.2. The Kier molecular flexibility index (Phi) is 7.19. The van der Waals surface area contributed by atoms with Crippen molar-refractivity contribution in [2.24, 2.45) is 5.92 Å². The molecule has 0 radical (unpaired) electrons. The zero-order valence-electron chi connectivity index (χ0n) is 18.3. The van der Waals surface area contributed by atoms with Crippen LogP contribution >= 0.6 is 11.3 Å². The van der Waals surface area contributed by atoms with Crippen LogP contribution in [0, 0.1) is 5.92 Å². The van der Waals surface area contributed by atoms with Crippen molar-refractivity contribution in [3.63, 3.8) is 0 Å². The van der Waals surface area contributed by atoms with Crippen LogP contribution in [-0.2, 0) is 34.3 Å². The Morgan fingerprint density at radius 3 is 2.78 bits per heavy atom. The first-order chi connectivity index (χ1) is 15.4. The summed E-state index contributed by atoms with van der Waals surface area (Å²) in [5.74, 6) is -0.0174. The molecule has 4 rings (SSSR count). The fourth-order valence-electron chi connectivity index (χ4n) is 4.66. The molecule has 2 aliphatic rings. The number of carbonyl (C=O) groups excluding carboxylic acids is 1. The van der Waals surface area contributed by atoms with Crippen molar-refractivity contribution in [1.29, 1.82) is 0 Å². The monoisotopic (exact) mass is 478 g/mol. The van der Waals surface area contributed by atoms with Gasteiger partial charge in [-0.15, -0.1) is 11.3 Å². The van der Waals surface area contributed by atoms with E-state index in [9.17, 15) is 18.3 Å². The number of fused-ring (bicyclic) bond motifs is 1. The second-order valence-electron chi connectivity index (χ2n) is 8.64. The van der Waals surface area contributed by atoms with Crippen LogP contribution in [0.15, 0.2) is 28.5 Å². The molecule has 0 bridgehead atoms. The van der Waals surface area contributed by atoms with E-state index in [0.717, 1.165) is 41.7 Å². The van der Waals surface area contributed by atoms with Crippen LogP contribution in [0.3, 0.4) is 0 Å². The van der Waals surface area contributed by atoms with Crippen LogP contribution in [0.25, 0.3) is 0 Å². The third-order valence-electron chi connectivity index (χ3n) is 6.34. The predicted octanol–water partition coefficient (Wildman–Crippen LogP) is 3.66. The van der Waals surface area contributed by atoms with Crippen molar-refractivity contribution in [2.75, 3.05) is 20.2 Å². The second-order valence-corrected chi connectivity index (χ2v) is 11.7. The molecule has 2 aromatic rings. The summed E-state index contributed by atoms with van der Waals surface area (Å²) in [5, 5.41) is 9.72. The molecule has 0 amide bonds. The summed E-state index contributed by atoms with van der Waals surface area (Å²) in [6.07, 6.45) is 6.15. The highest BCUT2D eigenvalue weighted by atomic mass is 32.2. The maximum Gasteiger partial charge on any atom is 0.340 e. The number of aromatic hydroxyl groups is 1. The van der Waals surface area contributed by atoms with Gasteiger partial charge in [-0.05, 0) is 48.4 Å². The normalized spacial score (nSPS) is 17.8. The van der Waals surface area contributed by atoms with Gasteiger partial charge in [0.05, 0.1) is 12.7 Å². The molecular weight excluding hydrogens is 448 g/mol. The highest BCUT2D eigenvalue weighted by molar-refractivity contribution is 7.91. The first-order valence-electron chi connectivity index (χ1n) is 11.1. The number of phenolic OH excluding ortho intramolecular Hbond substituents is 1. The standard InChI is InChI=1S/C23H30N2O5S2/c1-30-22(27)21-19-10-11-25(14-17-8-5-9-18(26)12-17)15-20(19)31-23(21)32(28,29)24-13-16-6-3-2-4-7-16/h5,8-9,12,16,24,26H,2-4,6-7,10-11,13-15H2,1H3. The third kappa shape index (κ3) is 5.17. The van der Waals surface area contributed by atoms with Gasteiger partial charge in [0.2, 0.25) is 0 Å². The molecule has 1 aromatic heterocycles. The number of esters is 1. The fraction of sp³-hybridized carbons (Fsp3) is 0.522. The lowest BCUT2D eigenvalue weighted by Gasteiger charge is -2.27. The van der Waals surface area contributed by atoms with Crippen molar-refractivity contribution in [3.8, 4) is 5.75 Å². The number of benzene rings is 1. The van der Waals surface area contributed by atoms with Crippen LogP contribution in [0.2, 0.25) is 0 Å². The van der Waals surface area contributed by atoms with Gasteiger partial charge in [-0.1, -0.05) is 31.4 Å². The second kappa shape index (κ2) is 9.91. The molecule has 9 heteroatoms. The summed E-state index contributed by atoms with van der Waals surface area (Å²) in [6.45, 7) is 2.30. The van der Waals surface area contributed by atoms with E-state index < -0.39 is 16.0 Å². The zero-order chi connectivity index (χ0) is 22.7. The van der Waals surface area contributed by atoms with Crippen molar-refractivity contribution in [2.45, 2.75) is 55.8 Å². The summed E-state index contributed by atoms with van der Waals surface area (Å²) >= 11 is 1.17. The molecule has 1 saturated carbocycles. The molecule has 7 nitrogen and oxygen atoms in total.